The third-order valence-corrected chi connectivity index (χ3v) is 9.42. The number of benzene rings is 3. The zero-order valence-corrected chi connectivity index (χ0v) is 17.9. The van der Waals surface area contributed by atoms with E-state index in [-0.39, 0.29) is 11.8 Å². The summed E-state index contributed by atoms with van der Waals surface area (Å²) in [5, 5.41) is 4.77. The van der Waals surface area contributed by atoms with Gasteiger partial charge in [-0.2, -0.15) is 0 Å². The maximum atomic E-state index is 12.7. The van der Waals surface area contributed by atoms with E-state index in [1.165, 1.54) is 5.56 Å². The first-order valence-corrected chi connectivity index (χ1v) is 12.6. The van der Waals surface area contributed by atoms with Gasteiger partial charge in [-0.1, -0.05) is 91.5 Å². The minimum Gasteiger partial charge on any atom is -0.285 e. The molecule has 0 saturated carbocycles. The van der Waals surface area contributed by atoms with Gasteiger partial charge in [0.1, 0.15) is 0 Å². The summed E-state index contributed by atoms with van der Waals surface area (Å²) in [5.74, 6) is 1.67. The van der Waals surface area contributed by atoms with Gasteiger partial charge in [-0.25, -0.2) is 0 Å². The largest absolute Gasteiger partial charge is 0.301 e. The number of amides is 2. The summed E-state index contributed by atoms with van der Waals surface area (Å²) in [5.41, 5.74) is 5.47. The van der Waals surface area contributed by atoms with Crippen molar-refractivity contribution in [2.24, 2.45) is 0 Å². The quantitative estimate of drug-likeness (QED) is 0.534. The molecule has 4 heteroatoms. The Bertz CT molecular complexity index is 1090. The molecule has 148 valence electrons. The summed E-state index contributed by atoms with van der Waals surface area (Å²) >= 11 is 0. The summed E-state index contributed by atoms with van der Waals surface area (Å²) in [6.45, 7) is 2.13. The van der Waals surface area contributed by atoms with E-state index in [1.807, 2.05) is 60.7 Å². The molecule has 1 N–H and O–H groups in total. The van der Waals surface area contributed by atoms with Crippen molar-refractivity contribution in [2.75, 3.05) is 0 Å². The average Bonchev–Trinajstić information content (AvgIpc) is 3.23. The lowest BCUT2D eigenvalue weighted by atomic mass is 10.0. The van der Waals surface area contributed by atoms with Crippen LogP contribution >= 0.6 is 0 Å². The molecule has 1 unspecified atom stereocenters. The molecule has 0 bridgehead atoms. The van der Waals surface area contributed by atoms with Crippen LogP contribution in [0.4, 0.5) is 0 Å². The second kappa shape index (κ2) is 8.52. The second-order valence-corrected chi connectivity index (χ2v) is 11.4. The summed E-state index contributed by atoms with van der Waals surface area (Å²) in [6.07, 6.45) is 1.59. The molecule has 1 atom stereocenters. The zero-order valence-electron chi connectivity index (χ0n) is 16.9. The van der Waals surface area contributed by atoms with Crippen LogP contribution in [0.1, 0.15) is 23.5 Å². The predicted molar refractivity (Wildman–Crippen MR) is 122 cm³/mol. The lowest BCUT2D eigenvalue weighted by Gasteiger charge is -2.22. The van der Waals surface area contributed by atoms with Crippen LogP contribution < -0.4 is 15.7 Å². The molecule has 0 saturated heterocycles. The number of rotatable bonds is 3. The molecule has 3 nitrogen and oxygen atoms in total. The highest BCUT2D eigenvalue weighted by Gasteiger charge is 2.31. The van der Waals surface area contributed by atoms with Crippen molar-refractivity contribution in [3.63, 3.8) is 0 Å². The Morgan fingerprint density at radius 2 is 1.43 bits per heavy atom. The van der Waals surface area contributed by atoms with E-state index in [0.29, 0.717) is 0 Å². The highest BCUT2D eigenvalue weighted by molar-refractivity contribution is 7.07. The van der Waals surface area contributed by atoms with Crippen LogP contribution in [0.3, 0.4) is 0 Å². The highest BCUT2D eigenvalue weighted by atomic mass is 28.3. The minimum atomic E-state index is -2.44. The molecule has 1 aliphatic carbocycles. The van der Waals surface area contributed by atoms with Gasteiger partial charge in [-0.3, -0.25) is 14.9 Å². The number of nitrogens with one attached hydrogen (secondary N) is 1. The number of carbonyl (C=O) groups is 2. The van der Waals surface area contributed by atoms with Crippen molar-refractivity contribution in [2.45, 2.75) is 25.3 Å². The molecule has 2 amide bonds. The first kappa shape index (κ1) is 19.9. The van der Waals surface area contributed by atoms with Gasteiger partial charge in [0.2, 0.25) is 5.91 Å². The van der Waals surface area contributed by atoms with E-state index in [2.05, 4.69) is 47.6 Å². The Balaban J connectivity index is 1.56. The number of imide groups is 1. The standard InChI is InChI=1S/C26H23NO2Si/c1-30(21-11-4-2-5-12-21,22-13-6-3-7-14-22)19-18-25(28)27-26(29)24-17-16-20-10-8-9-15-23(20)24/h2-15,24H,16-17H2,1H3,(H,27,28,29). The Hall–Kier alpha value is -3.42. The Morgan fingerprint density at radius 1 is 0.867 bits per heavy atom. The van der Waals surface area contributed by atoms with Gasteiger partial charge in [0.25, 0.3) is 0 Å². The summed E-state index contributed by atoms with van der Waals surface area (Å²) in [4.78, 5) is 25.2. The van der Waals surface area contributed by atoms with Gasteiger partial charge in [-0.05, 0) is 40.3 Å². The van der Waals surface area contributed by atoms with Gasteiger partial charge in [-0.15, -0.1) is 5.54 Å². The summed E-state index contributed by atoms with van der Waals surface area (Å²) < 4.78 is 0. The number of aryl methyl sites for hydroxylation is 1. The van der Waals surface area contributed by atoms with E-state index >= 15 is 0 Å². The van der Waals surface area contributed by atoms with E-state index in [0.717, 1.165) is 28.8 Å². The smallest absolute Gasteiger partial charge is 0.285 e. The molecule has 1 aliphatic rings. The van der Waals surface area contributed by atoms with Crippen molar-refractivity contribution >= 4 is 30.3 Å². The topological polar surface area (TPSA) is 46.2 Å². The molecule has 0 spiro atoms. The minimum absolute atomic E-state index is 0.262. The molecular formula is C26H23NO2Si. The lowest BCUT2D eigenvalue weighted by molar-refractivity contribution is -0.128. The third kappa shape index (κ3) is 3.98. The van der Waals surface area contributed by atoms with E-state index in [9.17, 15) is 9.59 Å². The lowest BCUT2D eigenvalue weighted by Crippen LogP contribution is -2.55. The molecule has 0 aromatic heterocycles. The van der Waals surface area contributed by atoms with Crippen LogP contribution in [0.25, 0.3) is 0 Å². The van der Waals surface area contributed by atoms with Gasteiger partial charge < -0.3 is 0 Å². The molecule has 30 heavy (non-hydrogen) atoms. The van der Waals surface area contributed by atoms with Crippen LogP contribution in [0.5, 0.6) is 0 Å². The van der Waals surface area contributed by atoms with Crippen LogP contribution in [-0.4, -0.2) is 19.9 Å². The summed E-state index contributed by atoms with van der Waals surface area (Å²) in [7, 11) is -2.44. The van der Waals surface area contributed by atoms with Crippen LogP contribution in [0.15, 0.2) is 84.9 Å². The Kier molecular flexibility index (Phi) is 5.65. The molecule has 0 heterocycles. The van der Waals surface area contributed by atoms with Gasteiger partial charge in [0.15, 0.2) is 8.07 Å². The number of fused-ring (bicyclic) bond motifs is 1. The molecule has 0 fully saturated rings. The van der Waals surface area contributed by atoms with Crippen molar-refractivity contribution in [1.29, 1.82) is 0 Å². The number of carbonyl (C=O) groups excluding carboxylic acids is 2. The van der Waals surface area contributed by atoms with Crippen LogP contribution in [0.2, 0.25) is 6.55 Å². The Morgan fingerprint density at radius 3 is 2.07 bits per heavy atom. The number of hydrogen-bond acceptors (Lipinski definition) is 2. The van der Waals surface area contributed by atoms with E-state index in [1.54, 1.807) is 0 Å². The molecule has 3 aromatic carbocycles. The molecule has 4 rings (SSSR count). The molecule has 0 radical (unpaired) electrons. The normalized spacial score (nSPS) is 14.9. The SMILES string of the molecule is C[Si](C#CC(=O)NC(=O)C1CCc2ccccc21)(c1ccccc1)c1ccccc1. The summed E-state index contributed by atoms with van der Waals surface area (Å²) in [6, 6.07) is 28.1. The van der Waals surface area contributed by atoms with Gasteiger partial charge >= 0.3 is 5.91 Å². The first-order chi connectivity index (χ1) is 14.6. The fourth-order valence-corrected chi connectivity index (χ4v) is 6.80. The average molecular weight is 410 g/mol. The van der Waals surface area contributed by atoms with E-state index in [4.69, 9.17) is 0 Å². The molecule has 3 aromatic rings. The fraction of sp³-hybridized carbons (Fsp3) is 0.154. The van der Waals surface area contributed by atoms with Crippen molar-refractivity contribution in [3.05, 3.63) is 96.1 Å². The zero-order chi connectivity index (χ0) is 21.0. The van der Waals surface area contributed by atoms with Crippen molar-refractivity contribution in [3.8, 4) is 11.5 Å². The van der Waals surface area contributed by atoms with Gasteiger partial charge in [0.05, 0.1) is 5.92 Å². The second-order valence-electron chi connectivity index (χ2n) is 7.72. The molecule has 0 aliphatic heterocycles. The molecular weight excluding hydrogens is 386 g/mol. The Labute approximate surface area is 178 Å². The monoisotopic (exact) mass is 409 g/mol. The highest BCUT2D eigenvalue weighted by Crippen LogP contribution is 2.32. The third-order valence-electron chi connectivity index (χ3n) is 5.81. The number of hydrogen-bond donors (Lipinski definition) is 1. The van der Waals surface area contributed by atoms with Crippen molar-refractivity contribution in [1.82, 2.24) is 5.32 Å². The fourth-order valence-electron chi connectivity index (χ4n) is 4.10. The maximum absolute atomic E-state index is 12.7. The van der Waals surface area contributed by atoms with Crippen LogP contribution in [0, 0.1) is 11.5 Å². The van der Waals surface area contributed by atoms with Crippen molar-refractivity contribution < 1.29 is 9.59 Å². The first-order valence-electron chi connectivity index (χ1n) is 10.1. The van der Waals surface area contributed by atoms with E-state index < -0.39 is 14.0 Å². The maximum Gasteiger partial charge on any atom is 0.301 e. The van der Waals surface area contributed by atoms with Gasteiger partial charge in [0, 0.05) is 0 Å². The van der Waals surface area contributed by atoms with Crippen LogP contribution in [-0.2, 0) is 16.0 Å². The predicted octanol–water partition coefficient (Wildman–Crippen LogP) is 2.79.